The number of hydrogen-bond acceptors (Lipinski definition) is 6. The predicted molar refractivity (Wildman–Crippen MR) is 55.1 cm³/mol. The van der Waals surface area contributed by atoms with E-state index in [2.05, 4.69) is 0 Å². The molecule has 0 unspecified atom stereocenters. The van der Waals surface area contributed by atoms with Gasteiger partial charge in [0.1, 0.15) is 24.4 Å². The maximum Gasteiger partial charge on any atom is 0.184 e. The molecule has 0 aliphatic carbocycles. The van der Waals surface area contributed by atoms with Crippen molar-refractivity contribution >= 4 is 0 Å². The minimum Gasteiger partial charge on any atom is -0.382 e. The van der Waals surface area contributed by atoms with E-state index >= 15 is 0 Å². The number of ether oxygens (including phenoxy) is 5. The molecule has 0 bridgehead atoms. The van der Waals surface area contributed by atoms with Crippen molar-refractivity contribution in [1.29, 1.82) is 0 Å². The van der Waals surface area contributed by atoms with Gasteiger partial charge in [-0.3, -0.25) is 0 Å². The van der Waals surface area contributed by atoms with Gasteiger partial charge in [-0.2, -0.15) is 0 Å². The molecule has 0 aromatic heterocycles. The van der Waals surface area contributed by atoms with Gasteiger partial charge in [-0.1, -0.05) is 0 Å². The zero-order valence-electron chi connectivity index (χ0n) is 10.1. The van der Waals surface area contributed by atoms with Crippen molar-refractivity contribution in [2.45, 2.75) is 30.7 Å². The SMILES string of the molecule is COC[C@H](OC)[C@@H]1O[C@H](O)[C@H](OC)[C@@H]1OC. The van der Waals surface area contributed by atoms with Crippen LogP contribution in [0.3, 0.4) is 0 Å². The van der Waals surface area contributed by atoms with Gasteiger partial charge in [0.05, 0.1) is 6.61 Å². The molecule has 0 spiro atoms. The molecule has 16 heavy (non-hydrogen) atoms. The van der Waals surface area contributed by atoms with Crippen molar-refractivity contribution in [3.8, 4) is 0 Å². The summed E-state index contributed by atoms with van der Waals surface area (Å²) in [5, 5.41) is 9.65. The molecule has 0 radical (unpaired) electrons. The Balaban J connectivity index is 2.71. The maximum absolute atomic E-state index is 9.65. The molecule has 1 saturated heterocycles. The number of aliphatic hydroxyl groups excluding tert-OH is 1. The van der Waals surface area contributed by atoms with E-state index in [1.165, 1.54) is 7.11 Å². The maximum atomic E-state index is 9.65. The summed E-state index contributed by atoms with van der Waals surface area (Å²) in [7, 11) is 6.19. The van der Waals surface area contributed by atoms with E-state index in [1.54, 1.807) is 21.3 Å². The Bertz CT molecular complexity index is 200. The zero-order chi connectivity index (χ0) is 12.1. The fourth-order valence-electron chi connectivity index (χ4n) is 1.94. The van der Waals surface area contributed by atoms with E-state index in [4.69, 9.17) is 23.7 Å². The fourth-order valence-corrected chi connectivity index (χ4v) is 1.94. The van der Waals surface area contributed by atoms with Gasteiger partial charge >= 0.3 is 0 Å². The van der Waals surface area contributed by atoms with Crippen molar-refractivity contribution in [3.63, 3.8) is 0 Å². The number of hydrogen-bond donors (Lipinski definition) is 1. The van der Waals surface area contributed by atoms with E-state index in [0.29, 0.717) is 6.61 Å². The summed E-state index contributed by atoms with van der Waals surface area (Å²) in [5.74, 6) is 0. The Morgan fingerprint density at radius 3 is 2.19 bits per heavy atom. The summed E-state index contributed by atoms with van der Waals surface area (Å²) < 4.78 is 26.1. The fraction of sp³-hybridized carbons (Fsp3) is 1.00. The van der Waals surface area contributed by atoms with Gasteiger partial charge in [-0.15, -0.1) is 0 Å². The molecule has 1 N–H and O–H groups in total. The van der Waals surface area contributed by atoms with Gasteiger partial charge in [-0.25, -0.2) is 0 Å². The Morgan fingerprint density at radius 1 is 1.12 bits per heavy atom. The van der Waals surface area contributed by atoms with E-state index in [-0.39, 0.29) is 12.2 Å². The molecule has 6 heteroatoms. The largest absolute Gasteiger partial charge is 0.382 e. The summed E-state index contributed by atoms with van der Waals surface area (Å²) in [6.07, 6.45) is -2.60. The van der Waals surface area contributed by atoms with Crippen molar-refractivity contribution in [2.24, 2.45) is 0 Å². The molecule has 1 aliphatic rings. The molecule has 96 valence electrons. The predicted octanol–water partition coefficient (Wildman–Crippen LogP) is -0.605. The molecule has 6 nitrogen and oxygen atoms in total. The second-order valence-electron chi connectivity index (χ2n) is 3.62. The van der Waals surface area contributed by atoms with Crippen molar-refractivity contribution in [3.05, 3.63) is 0 Å². The molecular formula is C10H20O6. The minimum absolute atomic E-state index is 0.301. The monoisotopic (exact) mass is 236 g/mol. The van der Waals surface area contributed by atoms with Crippen LogP contribution in [0.25, 0.3) is 0 Å². The van der Waals surface area contributed by atoms with Gasteiger partial charge in [0.2, 0.25) is 0 Å². The van der Waals surface area contributed by atoms with Crippen LogP contribution in [0.15, 0.2) is 0 Å². The molecule has 0 aromatic rings. The van der Waals surface area contributed by atoms with E-state index in [9.17, 15) is 5.11 Å². The number of rotatable bonds is 6. The highest BCUT2D eigenvalue weighted by Crippen LogP contribution is 2.27. The van der Waals surface area contributed by atoms with Crippen LogP contribution in [0.2, 0.25) is 0 Å². The lowest BCUT2D eigenvalue weighted by atomic mass is 10.1. The van der Waals surface area contributed by atoms with Crippen LogP contribution in [-0.2, 0) is 23.7 Å². The lowest BCUT2D eigenvalue weighted by Crippen LogP contribution is -2.43. The molecule has 1 rings (SSSR count). The summed E-state index contributed by atoms with van der Waals surface area (Å²) in [4.78, 5) is 0. The number of aliphatic hydroxyl groups is 1. The van der Waals surface area contributed by atoms with Crippen LogP contribution in [0.5, 0.6) is 0 Å². The van der Waals surface area contributed by atoms with Gasteiger partial charge in [0, 0.05) is 28.4 Å². The summed E-state index contributed by atoms with van der Waals surface area (Å²) >= 11 is 0. The highest BCUT2D eigenvalue weighted by molar-refractivity contribution is 4.92. The molecule has 0 aromatic carbocycles. The van der Waals surface area contributed by atoms with Crippen LogP contribution < -0.4 is 0 Å². The third-order valence-electron chi connectivity index (χ3n) is 2.77. The highest BCUT2D eigenvalue weighted by Gasteiger charge is 2.48. The summed E-state index contributed by atoms with van der Waals surface area (Å²) in [6.45, 7) is 0.365. The lowest BCUT2D eigenvalue weighted by Gasteiger charge is -2.26. The second kappa shape index (κ2) is 6.48. The first-order chi connectivity index (χ1) is 7.69. The van der Waals surface area contributed by atoms with Crippen molar-refractivity contribution in [1.82, 2.24) is 0 Å². The first kappa shape index (κ1) is 13.8. The third-order valence-corrected chi connectivity index (χ3v) is 2.77. The molecule has 0 amide bonds. The molecular weight excluding hydrogens is 216 g/mol. The van der Waals surface area contributed by atoms with Crippen LogP contribution in [0, 0.1) is 0 Å². The second-order valence-corrected chi connectivity index (χ2v) is 3.62. The Morgan fingerprint density at radius 2 is 1.75 bits per heavy atom. The number of methoxy groups -OCH3 is 4. The topological polar surface area (TPSA) is 66.4 Å². The van der Waals surface area contributed by atoms with E-state index in [0.717, 1.165) is 0 Å². The van der Waals surface area contributed by atoms with Crippen LogP contribution in [0.1, 0.15) is 0 Å². The first-order valence-electron chi connectivity index (χ1n) is 5.10. The quantitative estimate of drug-likeness (QED) is 0.664. The van der Waals surface area contributed by atoms with Gasteiger partial charge in [-0.05, 0) is 0 Å². The normalized spacial score (nSPS) is 36.6. The minimum atomic E-state index is -1.01. The molecule has 1 aliphatic heterocycles. The van der Waals surface area contributed by atoms with Crippen molar-refractivity contribution < 1.29 is 28.8 Å². The van der Waals surface area contributed by atoms with Crippen molar-refractivity contribution in [2.75, 3.05) is 35.0 Å². The summed E-state index contributed by atoms with van der Waals surface area (Å²) in [5.41, 5.74) is 0. The Hall–Kier alpha value is -0.240. The lowest BCUT2D eigenvalue weighted by molar-refractivity contribution is -0.160. The van der Waals surface area contributed by atoms with Crippen LogP contribution in [-0.4, -0.2) is 70.9 Å². The summed E-state index contributed by atoms with van der Waals surface area (Å²) in [6, 6.07) is 0. The molecule has 1 heterocycles. The average molecular weight is 236 g/mol. The average Bonchev–Trinajstić information content (AvgIpc) is 2.61. The van der Waals surface area contributed by atoms with Gasteiger partial charge in [0.15, 0.2) is 6.29 Å². The van der Waals surface area contributed by atoms with E-state index in [1.807, 2.05) is 0 Å². The smallest absolute Gasteiger partial charge is 0.184 e. The molecule has 0 saturated carbocycles. The van der Waals surface area contributed by atoms with Crippen LogP contribution in [0.4, 0.5) is 0 Å². The van der Waals surface area contributed by atoms with Gasteiger partial charge in [0.25, 0.3) is 0 Å². The van der Waals surface area contributed by atoms with Gasteiger partial charge < -0.3 is 28.8 Å². The molecule has 1 fully saturated rings. The standard InChI is InChI=1S/C10H20O6/c1-12-5-6(13-2)7-8(14-3)9(15-4)10(11)16-7/h6-11H,5H2,1-4H3/t6-,7-,8+,9+,10-/m0/s1. The molecule has 5 atom stereocenters. The van der Waals surface area contributed by atoms with E-state index < -0.39 is 18.5 Å². The first-order valence-corrected chi connectivity index (χ1v) is 5.10. The zero-order valence-corrected chi connectivity index (χ0v) is 10.1. The Labute approximate surface area is 95.4 Å². The van der Waals surface area contributed by atoms with Crippen LogP contribution >= 0.6 is 0 Å². The Kier molecular flexibility index (Phi) is 5.60. The highest BCUT2D eigenvalue weighted by atomic mass is 16.7. The third kappa shape index (κ3) is 2.71.